The molecular weight excluding hydrogens is 448 g/mol. The van der Waals surface area contributed by atoms with E-state index in [9.17, 15) is 0 Å². The van der Waals surface area contributed by atoms with Crippen molar-refractivity contribution < 1.29 is 0 Å². The molecule has 0 fully saturated rings. The predicted octanol–water partition coefficient (Wildman–Crippen LogP) is 6.10. The van der Waals surface area contributed by atoms with Gasteiger partial charge in [0.25, 0.3) is 0 Å². The van der Waals surface area contributed by atoms with Crippen molar-refractivity contribution in [2.45, 2.75) is 47.1 Å². The lowest BCUT2D eigenvalue weighted by molar-refractivity contribution is 0.694. The molecule has 0 saturated heterocycles. The van der Waals surface area contributed by atoms with Gasteiger partial charge in [-0.1, -0.05) is 47.7 Å². The van der Waals surface area contributed by atoms with Crippen LogP contribution in [0.1, 0.15) is 41.0 Å². The summed E-state index contributed by atoms with van der Waals surface area (Å²) < 4.78 is 3.38. The van der Waals surface area contributed by atoms with Gasteiger partial charge in [0, 0.05) is 9.29 Å². The summed E-state index contributed by atoms with van der Waals surface area (Å²) in [7, 11) is 0. The van der Waals surface area contributed by atoms with E-state index in [0.29, 0.717) is 5.92 Å². The van der Waals surface area contributed by atoms with Gasteiger partial charge in [-0.3, -0.25) is 4.99 Å². The molecule has 0 N–H and O–H groups in total. The summed E-state index contributed by atoms with van der Waals surface area (Å²) in [4.78, 5) is 4.72. The highest BCUT2D eigenvalue weighted by molar-refractivity contribution is 14.1. The Morgan fingerprint density at radius 1 is 1.28 bits per heavy atom. The van der Waals surface area contributed by atoms with Gasteiger partial charge in [-0.25, -0.2) is 0 Å². The Labute approximate surface area is 139 Å². The summed E-state index contributed by atoms with van der Waals surface area (Å²) in [6.45, 7) is 14.6. The molecule has 18 heavy (non-hydrogen) atoms. The lowest BCUT2D eigenvalue weighted by Crippen LogP contribution is -2.04. The molecule has 0 rings (SSSR count). The summed E-state index contributed by atoms with van der Waals surface area (Å²) in [5, 5.41) is 0. The zero-order valence-electron chi connectivity index (χ0n) is 11.9. The van der Waals surface area contributed by atoms with Crippen molar-refractivity contribution in [3.63, 3.8) is 0 Å². The maximum Gasteiger partial charge on any atom is 0.0777 e. The number of allylic oxidation sites excluding steroid dienone is 3. The summed E-state index contributed by atoms with van der Waals surface area (Å²) in [5.41, 5.74) is 3.60. The van der Waals surface area contributed by atoms with Crippen molar-refractivity contribution >= 4 is 50.9 Å². The maximum absolute atomic E-state index is 4.72. The summed E-state index contributed by atoms with van der Waals surface area (Å²) in [6.07, 6.45) is 3.33. The van der Waals surface area contributed by atoms with Crippen LogP contribution in [0.5, 0.6) is 0 Å². The summed E-state index contributed by atoms with van der Waals surface area (Å²) in [5.74, 6) is 0.544. The van der Waals surface area contributed by atoms with E-state index in [1.54, 1.807) is 0 Å². The smallest absolute Gasteiger partial charge is 0.0777 e. The van der Waals surface area contributed by atoms with Crippen molar-refractivity contribution in [2.75, 3.05) is 0 Å². The molecule has 0 aromatic heterocycles. The Morgan fingerprint density at radius 3 is 2.28 bits per heavy atom. The molecule has 102 valence electrons. The zero-order chi connectivity index (χ0) is 14.3. The van der Waals surface area contributed by atoms with Crippen LogP contribution in [-0.4, -0.2) is 11.8 Å². The van der Waals surface area contributed by atoms with E-state index in [0.717, 1.165) is 12.1 Å². The van der Waals surface area contributed by atoms with Crippen LogP contribution in [0.4, 0.5) is 0 Å². The van der Waals surface area contributed by atoms with Crippen LogP contribution < -0.4 is 0 Å². The van der Waals surface area contributed by atoms with E-state index in [-0.39, 0.29) is 6.04 Å². The number of nitrogens with zero attached hydrogens (tertiary/aromatic N) is 1. The Kier molecular flexibility index (Phi) is 9.47. The van der Waals surface area contributed by atoms with Crippen LogP contribution in [0.2, 0.25) is 0 Å². The Morgan fingerprint density at radius 2 is 1.83 bits per heavy atom. The van der Waals surface area contributed by atoms with E-state index in [1.165, 1.54) is 14.7 Å². The van der Waals surface area contributed by atoms with Crippen molar-refractivity contribution in [2.24, 2.45) is 10.9 Å². The normalized spacial score (nSPS) is 17.6. The van der Waals surface area contributed by atoms with E-state index in [4.69, 9.17) is 4.99 Å². The molecule has 3 heteroatoms. The molecule has 0 radical (unpaired) electrons. The van der Waals surface area contributed by atoms with E-state index in [2.05, 4.69) is 96.5 Å². The fourth-order valence-electron chi connectivity index (χ4n) is 1.19. The van der Waals surface area contributed by atoms with Crippen LogP contribution in [0, 0.1) is 5.92 Å². The van der Waals surface area contributed by atoms with E-state index < -0.39 is 0 Å². The van der Waals surface area contributed by atoms with Gasteiger partial charge in [-0.05, 0) is 72.3 Å². The molecule has 0 aliphatic heterocycles. The Bertz CT molecular complexity index is 378. The second-order valence-electron chi connectivity index (χ2n) is 4.75. The largest absolute Gasteiger partial charge is 0.282 e. The third kappa shape index (κ3) is 7.07. The van der Waals surface area contributed by atoms with Crippen molar-refractivity contribution in [3.8, 4) is 0 Å². The first-order valence-electron chi connectivity index (χ1n) is 6.12. The molecule has 0 heterocycles. The standard InChI is InChI=1S/C15H23I2N/c1-10(2)11(3)7-8-15(17)14(6)18-13(5)12(4)9-16/h8-9,11,14H,1,7H2,2-6H3/b12-9+,15-8-,18-13?. The van der Waals surface area contributed by atoms with Gasteiger partial charge in [0.15, 0.2) is 0 Å². The second kappa shape index (κ2) is 9.28. The summed E-state index contributed by atoms with van der Waals surface area (Å²) in [6, 6.07) is 0.245. The quantitative estimate of drug-likeness (QED) is 0.253. The number of hydrogen-bond acceptors (Lipinski definition) is 1. The lowest BCUT2D eigenvalue weighted by Gasteiger charge is -2.11. The zero-order valence-corrected chi connectivity index (χ0v) is 16.2. The Balaban J connectivity index is 4.65. The first-order chi connectivity index (χ1) is 8.29. The summed E-state index contributed by atoms with van der Waals surface area (Å²) >= 11 is 4.65. The van der Waals surface area contributed by atoms with Crippen LogP contribution in [0.15, 0.2) is 36.5 Å². The van der Waals surface area contributed by atoms with Gasteiger partial charge in [-0.2, -0.15) is 0 Å². The number of halogens is 2. The van der Waals surface area contributed by atoms with Gasteiger partial charge in [0.2, 0.25) is 0 Å². The Hall–Kier alpha value is 0.350. The molecule has 2 atom stereocenters. The van der Waals surface area contributed by atoms with Gasteiger partial charge in [-0.15, -0.1) is 0 Å². The minimum Gasteiger partial charge on any atom is -0.282 e. The minimum atomic E-state index is 0.245. The van der Waals surface area contributed by atoms with E-state index in [1.807, 2.05) is 0 Å². The minimum absolute atomic E-state index is 0.245. The maximum atomic E-state index is 4.72. The van der Waals surface area contributed by atoms with E-state index >= 15 is 0 Å². The molecule has 0 bridgehead atoms. The topological polar surface area (TPSA) is 12.4 Å². The van der Waals surface area contributed by atoms with Crippen LogP contribution >= 0.6 is 45.2 Å². The average molecular weight is 471 g/mol. The SMILES string of the molecule is C=C(C)C(C)C/C=C(\I)C(C)N=C(C)/C(C)=C/I. The molecule has 0 aromatic carbocycles. The van der Waals surface area contributed by atoms with Gasteiger partial charge in [0.05, 0.1) is 6.04 Å². The molecule has 0 spiro atoms. The van der Waals surface area contributed by atoms with Gasteiger partial charge >= 0.3 is 0 Å². The highest BCUT2D eigenvalue weighted by Gasteiger charge is 2.06. The third-order valence-corrected chi connectivity index (χ3v) is 5.30. The fourth-order valence-corrected chi connectivity index (χ4v) is 2.04. The molecule has 0 saturated carbocycles. The average Bonchev–Trinajstić information content (AvgIpc) is 2.33. The highest BCUT2D eigenvalue weighted by atomic mass is 127. The lowest BCUT2D eigenvalue weighted by atomic mass is 10.0. The first kappa shape index (κ1) is 18.4. The molecule has 0 aromatic rings. The monoisotopic (exact) mass is 471 g/mol. The van der Waals surface area contributed by atoms with Crippen LogP contribution in [0.25, 0.3) is 0 Å². The van der Waals surface area contributed by atoms with Crippen molar-refractivity contribution in [1.82, 2.24) is 0 Å². The molecule has 2 unspecified atom stereocenters. The van der Waals surface area contributed by atoms with Crippen LogP contribution in [0.3, 0.4) is 0 Å². The molecule has 0 aliphatic rings. The number of aliphatic imine (C=N–C) groups is 1. The first-order valence-corrected chi connectivity index (χ1v) is 8.44. The predicted molar refractivity (Wildman–Crippen MR) is 101 cm³/mol. The van der Waals surface area contributed by atoms with Crippen molar-refractivity contribution in [1.29, 1.82) is 0 Å². The molecule has 1 nitrogen and oxygen atoms in total. The number of rotatable bonds is 6. The van der Waals surface area contributed by atoms with Crippen LogP contribution in [-0.2, 0) is 0 Å². The molecular formula is C15H23I2N. The fraction of sp³-hybridized carbons (Fsp3) is 0.533. The second-order valence-corrected chi connectivity index (χ2v) is 6.62. The third-order valence-electron chi connectivity index (χ3n) is 3.03. The van der Waals surface area contributed by atoms with Crippen molar-refractivity contribution in [3.05, 3.63) is 31.5 Å². The van der Waals surface area contributed by atoms with Gasteiger partial charge in [0.1, 0.15) is 0 Å². The number of hydrogen-bond donors (Lipinski definition) is 0. The highest BCUT2D eigenvalue weighted by Crippen LogP contribution is 2.20. The molecule has 0 aliphatic carbocycles. The molecule has 0 amide bonds. The van der Waals surface area contributed by atoms with Gasteiger partial charge < -0.3 is 0 Å².